The molecule has 4 bridgehead atoms. The van der Waals surface area contributed by atoms with Crippen LogP contribution in [0.4, 0.5) is 23.6 Å². The molecule has 7 atom stereocenters. The molecule has 3 aliphatic heterocycles. The van der Waals surface area contributed by atoms with Gasteiger partial charge in [0.05, 0.1) is 24.2 Å². The van der Waals surface area contributed by atoms with Crippen LogP contribution in [0.15, 0.2) is 72.8 Å². The summed E-state index contributed by atoms with van der Waals surface area (Å²) in [4.78, 5) is 104. The van der Waals surface area contributed by atoms with Gasteiger partial charge in [0.1, 0.15) is 16.9 Å². The maximum Gasteiger partial charge on any atom is 0.411 e. The number of carbonyl (C=O) groups excluding carboxylic acids is 4. The molecule has 3 aromatic rings. The lowest BCUT2D eigenvalue weighted by Crippen LogP contribution is -2.70. The SMILES string of the molecule is CC1(C)C(C(N)=O)c2cccc(c2)[C@@]1(C(=O)NC(=O)O)N1CCCC1NC(=O)O.CC1(C)C(C(N)=O)c2cccc(c2)[C@@]1(C(=O)NC(=O)O)N1CCCC1NC(=O)O.Fc1ccc(C2C#C[N+]#C2)cc1. The van der Waals surface area contributed by atoms with Crippen LogP contribution >= 0.6 is 0 Å². The van der Waals surface area contributed by atoms with Gasteiger partial charge in [-0.15, -0.1) is 0 Å². The highest BCUT2D eigenvalue weighted by molar-refractivity contribution is 6.01. The summed E-state index contributed by atoms with van der Waals surface area (Å²) >= 11 is 0. The van der Waals surface area contributed by atoms with Crippen LogP contribution in [-0.4, -0.2) is 104 Å². The summed E-state index contributed by atoms with van der Waals surface area (Å²) in [6.07, 6.45) is -5.02. The minimum Gasteiger partial charge on any atom is -0.465 e. The molecule has 2 fully saturated rings. The quantitative estimate of drug-likeness (QED) is 0.135. The monoisotopic (exact) mass is 966 g/mol. The molecule has 0 radical (unpaired) electrons. The van der Waals surface area contributed by atoms with Gasteiger partial charge in [0, 0.05) is 34.7 Å². The van der Waals surface area contributed by atoms with E-state index in [1.54, 1.807) is 98.2 Å². The maximum absolute atomic E-state index is 13.5. The Balaban J connectivity index is 0.000000186. The van der Waals surface area contributed by atoms with Crippen LogP contribution < -0.4 is 32.7 Å². The lowest BCUT2D eigenvalue weighted by Gasteiger charge is -2.57. The molecule has 3 aromatic carbocycles. The summed E-state index contributed by atoms with van der Waals surface area (Å²) in [6, 6.07) is 25.1. The number of nitrogens with zero attached hydrogens (tertiary/aromatic N) is 3. The largest absolute Gasteiger partial charge is 0.465 e. The molecule has 8 amide bonds. The van der Waals surface area contributed by atoms with Gasteiger partial charge in [0.15, 0.2) is 5.92 Å². The highest BCUT2D eigenvalue weighted by atomic mass is 19.1. The number of imide groups is 2. The third-order valence-electron chi connectivity index (χ3n) is 13.9. The van der Waals surface area contributed by atoms with Crippen molar-refractivity contribution < 1.29 is 63.2 Å². The molecule has 3 heterocycles. The van der Waals surface area contributed by atoms with Gasteiger partial charge in [0.25, 0.3) is 11.8 Å². The number of benzene rings is 3. The van der Waals surface area contributed by atoms with Gasteiger partial charge in [-0.05, 0) is 65.6 Å². The molecule has 12 N–H and O–H groups in total. The molecular formula is C48H53FN9O12+. The predicted octanol–water partition coefficient (Wildman–Crippen LogP) is 4.17. The van der Waals surface area contributed by atoms with E-state index in [-0.39, 0.29) is 11.7 Å². The second kappa shape index (κ2) is 19.9. The summed E-state index contributed by atoms with van der Waals surface area (Å²) in [7, 11) is 0. The van der Waals surface area contributed by atoms with E-state index in [0.29, 0.717) is 61.0 Å². The zero-order chi connectivity index (χ0) is 51.5. The highest BCUT2D eigenvalue weighted by Crippen LogP contribution is 2.59. The van der Waals surface area contributed by atoms with E-state index in [1.807, 2.05) is 10.6 Å². The van der Waals surface area contributed by atoms with Crippen molar-refractivity contribution in [3.8, 4) is 18.0 Å². The van der Waals surface area contributed by atoms with Crippen LogP contribution in [0, 0.1) is 34.7 Å². The molecule has 70 heavy (non-hydrogen) atoms. The number of fused-ring (bicyclic) bond motifs is 4. The van der Waals surface area contributed by atoms with Gasteiger partial charge in [0.2, 0.25) is 11.8 Å². The van der Waals surface area contributed by atoms with Crippen LogP contribution in [0.5, 0.6) is 0 Å². The van der Waals surface area contributed by atoms with Crippen molar-refractivity contribution in [3.63, 3.8) is 0 Å². The van der Waals surface area contributed by atoms with Gasteiger partial charge in [-0.2, -0.15) is 0 Å². The molecule has 0 aromatic heterocycles. The smallest absolute Gasteiger partial charge is 0.411 e. The Labute approximate surface area is 400 Å². The number of nitrogens with one attached hydrogen (secondary N) is 4. The number of carboxylic acid groups (broad SMARTS) is 4. The standard InChI is InChI=1S/2C19H24N4O6.C10H5FN/c2*1-18(2)13(14(20)24)10-5-3-6-11(9-10)19(18,15(25)22-17(28)29)23-8-4-7-12(23)21-16(26)27;11-10-3-1-8(2-4-10)9-5-6-12-7-9/h2*3,5-6,9,12-13,21H,4,7-8H2,1-2H3,(H2,20,24)(H,22,25)(H,26,27)(H,28,29);1-4,9H/q;;+1/t2*12?,13?,19-;/m00./s1. The Hall–Kier alpha value is -8.08. The maximum atomic E-state index is 13.5. The molecule has 0 spiro atoms. The van der Waals surface area contributed by atoms with Crippen LogP contribution in [-0.2, 0) is 30.3 Å². The van der Waals surface area contributed by atoms with E-state index >= 15 is 0 Å². The van der Waals surface area contributed by atoms with Gasteiger partial charge >= 0.3 is 36.5 Å². The van der Waals surface area contributed by atoms with E-state index in [2.05, 4.69) is 33.5 Å². The molecule has 21 nitrogen and oxygen atoms in total. The topological polar surface area (TPSA) is 328 Å². The number of amides is 8. The van der Waals surface area contributed by atoms with Gasteiger partial charge < -0.3 is 42.5 Å². The van der Waals surface area contributed by atoms with Gasteiger partial charge in [-0.25, -0.2) is 23.6 Å². The summed E-state index contributed by atoms with van der Waals surface area (Å²) in [5.74, 6) is -2.25. The lowest BCUT2D eigenvalue weighted by atomic mass is 9.55. The average Bonchev–Trinajstić information content (AvgIpc) is 4.05. The molecule has 2 aliphatic carbocycles. The van der Waals surface area contributed by atoms with Crippen molar-refractivity contribution in [3.05, 3.63) is 111 Å². The molecule has 2 saturated heterocycles. The third kappa shape index (κ3) is 9.13. The zero-order valence-electron chi connectivity index (χ0n) is 38.5. The minimum atomic E-state index is -1.64. The van der Waals surface area contributed by atoms with Crippen molar-refractivity contribution in [1.29, 1.82) is 0 Å². The Kier molecular flexibility index (Phi) is 14.6. The van der Waals surface area contributed by atoms with E-state index in [0.717, 1.165) is 5.56 Å². The summed E-state index contributed by atoms with van der Waals surface area (Å²) in [6.45, 7) is 7.38. The highest BCUT2D eigenvalue weighted by Gasteiger charge is 2.66. The normalized spacial score (nSPS) is 26.0. The Bertz CT molecular complexity index is 2600. The Morgan fingerprint density at radius 3 is 1.39 bits per heavy atom. The van der Waals surface area contributed by atoms with E-state index in [4.69, 9.17) is 11.5 Å². The Morgan fingerprint density at radius 2 is 1.04 bits per heavy atom. The number of hydrogen-bond acceptors (Lipinski definition) is 10. The molecule has 8 rings (SSSR count). The minimum absolute atomic E-state index is 0.0781. The van der Waals surface area contributed by atoms with Crippen molar-refractivity contribution in [2.45, 2.75) is 94.5 Å². The summed E-state index contributed by atoms with van der Waals surface area (Å²) in [5, 5.41) is 45.7. The molecule has 22 heteroatoms. The van der Waals surface area contributed by atoms with E-state index in [1.165, 1.54) is 12.1 Å². The molecular weight excluding hydrogens is 914 g/mol. The number of carbonyl (C=O) groups is 8. The van der Waals surface area contributed by atoms with Crippen LogP contribution in [0.3, 0.4) is 0 Å². The van der Waals surface area contributed by atoms with Crippen LogP contribution in [0.2, 0.25) is 0 Å². The van der Waals surface area contributed by atoms with Crippen molar-refractivity contribution in [2.24, 2.45) is 22.3 Å². The number of hydrogen-bond donors (Lipinski definition) is 10. The number of halogens is 1. The fourth-order valence-electron chi connectivity index (χ4n) is 11.4. The Morgan fingerprint density at radius 1 is 0.629 bits per heavy atom. The van der Waals surface area contributed by atoms with Crippen molar-refractivity contribution in [1.82, 2.24) is 31.1 Å². The molecule has 5 unspecified atom stereocenters. The lowest BCUT2D eigenvalue weighted by molar-refractivity contribution is -0.152. The number of likely N-dealkylation sites (tertiary alicyclic amines) is 2. The van der Waals surface area contributed by atoms with Crippen molar-refractivity contribution >= 4 is 48.0 Å². The summed E-state index contributed by atoms with van der Waals surface area (Å²) < 4.78 is 12.5. The average molecular weight is 967 g/mol. The first kappa shape index (κ1) is 51.3. The fraction of sp³-hybridized carbons (Fsp3) is 0.396. The first-order chi connectivity index (χ1) is 32.9. The van der Waals surface area contributed by atoms with Gasteiger partial charge in [-0.1, -0.05) is 88.4 Å². The number of primary amides is 2. The predicted molar refractivity (Wildman–Crippen MR) is 246 cm³/mol. The molecule has 5 aliphatic rings. The second-order valence-corrected chi connectivity index (χ2v) is 18.4. The third-order valence-corrected chi connectivity index (χ3v) is 13.9. The van der Waals surface area contributed by atoms with Crippen LogP contribution in [0.25, 0.3) is 4.85 Å². The first-order valence-electron chi connectivity index (χ1n) is 22.0. The number of nitrogens with two attached hydrogens (primary N) is 2. The first-order valence-corrected chi connectivity index (χ1v) is 22.0. The van der Waals surface area contributed by atoms with E-state index in [9.17, 15) is 63.2 Å². The fourth-order valence-corrected chi connectivity index (χ4v) is 11.4. The van der Waals surface area contributed by atoms with Gasteiger partial charge in [-0.3, -0.25) is 39.6 Å². The summed E-state index contributed by atoms with van der Waals surface area (Å²) in [5.41, 5.74) is 8.93. The second-order valence-electron chi connectivity index (χ2n) is 18.4. The van der Waals surface area contributed by atoms with Crippen LogP contribution in [0.1, 0.15) is 98.9 Å². The molecule has 0 saturated carbocycles. The molecule has 368 valence electrons. The zero-order valence-corrected chi connectivity index (χ0v) is 38.5. The number of rotatable bonds is 9. The van der Waals surface area contributed by atoms with E-state index < -0.39 is 94.1 Å². The van der Waals surface area contributed by atoms with Crippen molar-refractivity contribution in [2.75, 3.05) is 13.1 Å².